The SMILES string of the molecule is CCNCC1CCCCN(C)C1c1ccnc(C)n1. The normalized spacial score (nSPS) is 25.2. The van der Waals surface area contributed by atoms with E-state index in [1.54, 1.807) is 0 Å². The van der Waals surface area contributed by atoms with Crippen LogP contribution in [0.5, 0.6) is 0 Å². The fourth-order valence-electron chi connectivity index (χ4n) is 3.07. The smallest absolute Gasteiger partial charge is 0.125 e. The number of rotatable bonds is 4. The minimum atomic E-state index is 0.420. The average Bonchev–Trinajstić information content (AvgIpc) is 2.58. The van der Waals surface area contributed by atoms with E-state index in [9.17, 15) is 0 Å². The molecule has 1 aliphatic rings. The number of nitrogens with one attached hydrogen (secondary N) is 1. The Kier molecular flexibility index (Phi) is 5.28. The quantitative estimate of drug-likeness (QED) is 0.903. The van der Waals surface area contributed by atoms with Crippen molar-refractivity contribution < 1.29 is 0 Å². The summed E-state index contributed by atoms with van der Waals surface area (Å²) in [6.07, 6.45) is 5.78. The lowest BCUT2D eigenvalue weighted by atomic mass is 9.92. The van der Waals surface area contributed by atoms with Crippen molar-refractivity contribution in [1.29, 1.82) is 0 Å². The number of aromatic nitrogens is 2. The zero-order valence-corrected chi connectivity index (χ0v) is 12.4. The van der Waals surface area contributed by atoms with Gasteiger partial charge in [0, 0.05) is 6.20 Å². The summed E-state index contributed by atoms with van der Waals surface area (Å²) in [5.74, 6) is 1.51. The van der Waals surface area contributed by atoms with E-state index < -0.39 is 0 Å². The van der Waals surface area contributed by atoms with Gasteiger partial charge in [-0.2, -0.15) is 0 Å². The molecule has 0 radical (unpaired) electrons. The third-order valence-corrected chi connectivity index (χ3v) is 4.01. The van der Waals surface area contributed by atoms with Gasteiger partial charge in [-0.15, -0.1) is 0 Å². The van der Waals surface area contributed by atoms with Gasteiger partial charge in [0.25, 0.3) is 0 Å². The number of likely N-dealkylation sites (tertiary alicyclic amines) is 1. The molecule has 1 fully saturated rings. The van der Waals surface area contributed by atoms with Gasteiger partial charge in [-0.25, -0.2) is 9.97 Å². The van der Waals surface area contributed by atoms with Gasteiger partial charge >= 0.3 is 0 Å². The summed E-state index contributed by atoms with van der Waals surface area (Å²) in [5, 5.41) is 3.51. The van der Waals surface area contributed by atoms with E-state index in [4.69, 9.17) is 0 Å². The lowest BCUT2D eigenvalue weighted by Crippen LogP contribution is -2.35. The molecule has 1 aromatic heterocycles. The van der Waals surface area contributed by atoms with Gasteiger partial charge in [0.15, 0.2) is 0 Å². The summed E-state index contributed by atoms with van der Waals surface area (Å²) in [7, 11) is 2.23. The lowest BCUT2D eigenvalue weighted by Gasteiger charge is -2.32. The summed E-state index contributed by atoms with van der Waals surface area (Å²) in [4.78, 5) is 11.4. The van der Waals surface area contributed by atoms with Crippen LogP contribution >= 0.6 is 0 Å². The van der Waals surface area contributed by atoms with Gasteiger partial charge in [-0.05, 0) is 58.4 Å². The summed E-state index contributed by atoms with van der Waals surface area (Å²) in [6, 6.07) is 2.50. The predicted octanol–water partition coefficient (Wildman–Crippen LogP) is 2.17. The predicted molar refractivity (Wildman–Crippen MR) is 78.0 cm³/mol. The molecule has 0 bridgehead atoms. The fraction of sp³-hybridized carbons (Fsp3) is 0.733. The van der Waals surface area contributed by atoms with Gasteiger partial charge in [-0.1, -0.05) is 13.3 Å². The first-order chi connectivity index (χ1) is 9.22. The summed E-state index contributed by atoms with van der Waals surface area (Å²) in [6.45, 7) is 7.42. The molecule has 1 aliphatic heterocycles. The summed E-state index contributed by atoms with van der Waals surface area (Å²) in [5.41, 5.74) is 1.18. The van der Waals surface area contributed by atoms with Gasteiger partial charge in [-0.3, -0.25) is 4.90 Å². The van der Waals surface area contributed by atoms with E-state index >= 15 is 0 Å². The maximum Gasteiger partial charge on any atom is 0.125 e. The Hall–Kier alpha value is -1.00. The fourth-order valence-corrected chi connectivity index (χ4v) is 3.07. The molecule has 0 spiro atoms. The van der Waals surface area contributed by atoms with Gasteiger partial charge in [0.05, 0.1) is 11.7 Å². The number of hydrogen-bond donors (Lipinski definition) is 1. The van der Waals surface area contributed by atoms with Crippen LogP contribution in [0.1, 0.15) is 43.7 Å². The van der Waals surface area contributed by atoms with Crippen molar-refractivity contribution in [2.45, 2.75) is 39.2 Å². The second-order valence-corrected chi connectivity index (χ2v) is 5.52. The highest BCUT2D eigenvalue weighted by Crippen LogP contribution is 2.32. The van der Waals surface area contributed by atoms with Crippen LogP contribution < -0.4 is 5.32 Å². The topological polar surface area (TPSA) is 41.0 Å². The molecule has 2 atom stereocenters. The Morgan fingerprint density at radius 3 is 3.00 bits per heavy atom. The van der Waals surface area contributed by atoms with E-state index in [0.29, 0.717) is 12.0 Å². The highest BCUT2D eigenvalue weighted by molar-refractivity contribution is 5.10. The molecular weight excluding hydrogens is 236 g/mol. The third kappa shape index (κ3) is 3.74. The molecule has 0 aromatic carbocycles. The summed E-state index contributed by atoms with van der Waals surface area (Å²) >= 11 is 0. The van der Waals surface area contributed by atoms with Crippen molar-refractivity contribution in [3.63, 3.8) is 0 Å². The van der Waals surface area contributed by atoms with Crippen molar-refractivity contribution in [3.8, 4) is 0 Å². The molecule has 1 aromatic rings. The second-order valence-electron chi connectivity index (χ2n) is 5.52. The molecular formula is C15H26N4. The Balaban J connectivity index is 2.23. The van der Waals surface area contributed by atoms with Crippen molar-refractivity contribution in [2.24, 2.45) is 5.92 Å². The van der Waals surface area contributed by atoms with Crippen molar-refractivity contribution in [1.82, 2.24) is 20.2 Å². The molecule has 0 aliphatic carbocycles. The first kappa shape index (κ1) is 14.4. The minimum Gasteiger partial charge on any atom is -0.317 e. The van der Waals surface area contributed by atoms with Crippen LogP contribution in [0.25, 0.3) is 0 Å². The number of aryl methyl sites for hydroxylation is 1. The summed E-state index contributed by atoms with van der Waals surface area (Å²) < 4.78 is 0. The zero-order valence-electron chi connectivity index (χ0n) is 12.4. The lowest BCUT2D eigenvalue weighted by molar-refractivity contribution is 0.185. The van der Waals surface area contributed by atoms with E-state index in [1.165, 1.54) is 25.0 Å². The number of nitrogens with zero attached hydrogens (tertiary/aromatic N) is 3. The third-order valence-electron chi connectivity index (χ3n) is 4.01. The molecule has 1 N–H and O–H groups in total. The maximum atomic E-state index is 4.67. The van der Waals surface area contributed by atoms with E-state index in [1.807, 2.05) is 13.1 Å². The molecule has 4 heteroatoms. The minimum absolute atomic E-state index is 0.420. The van der Waals surface area contributed by atoms with Crippen LogP contribution in [-0.4, -0.2) is 41.5 Å². The standard InChI is InChI=1S/C15H26N4/c1-4-16-11-13-7-5-6-10-19(3)15(13)14-8-9-17-12(2)18-14/h8-9,13,15-16H,4-7,10-11H2,1-3H3. The molecule has 2 unspecified atom stereocenters. The van der Waals surface area contributed by atoms with Crippen LogP contribution in [0, 0.1) is 12.8 Å². The van der Waals surface area contributed by atoms with Crippen LogP contribution in [0.15, 0.2) is 12.3 Å². The van der Waals surface area contributed by atoms with Gasteiger partial charge in [0.1, 0.15) is 5.82 Å². The van der Waals surface area contributed by atoms with Crippen molar-refractivity contribution in [2.75, 3.05) is 26.7 Å². The van der Waals surface area contributed by atoms with Crippen molar-refractivity contribution >= 4 is 0 Å². The highest BCUT2D eigenvalue weighted by Gasteiger charge is 2.29. The Morgan fingerprint density at radius 2 is 2.26 bits per heavy atom. The number of hydrogen-bond acceptors (Lipinski definition) is 4. The monoisotopic (exact) mass is 262 g/mol. The Morgan fingerprint density at radius 1 is 1.42 bits per heavy atom. The Bertz CT molecular complexity index is 393. The molecule has 2 heterocycles. The molecule has 1 saturated heterocycles. The second kappa shape index (κ2) is 6.96. The molecule has 0 saturated carbocycles. The van der Waals surface area contributed by atoms with E-state index in [2.05, 4.69) is 40.2 Å². The molecule has 19 heavy (non-hydrogen) atoms. The van der Waals surface area contributed by atoms with Crippen LogP contribution in [-0.2, 0) is 0 Å². The van der Waals surface area contributed by atoms with E-state index in [-0.39, 0.29) is 0 Å². The zero-order chi connectivity index (χ0) is 13.7. The maximum absolute atomic E-state index is 4.67. The molecule has 106 valence electrons. The van der Waals surface area contributed by atoms with Crippen LogP contribution in [0.2, 0.25) is 0 Å². The van der Waals surface area contributed by atoms with E-state index in [0.717, 1.165) is 25.5 Å². The Labute approximate surface area is 116 Å². The van der Waals surface area contributed by atoms with Crippen LogP contribution in [0.4, 0.5) is 0 Å². The van der Waals surface area contributed by atoms with Crippen LogP contribution in [0.3, 0.4) is 0 Å². The average molecular weight is 262 g/mol. The largest absolute Gasteiger partial charge is 0.317 e. The van der Waals surface area contributed by atoms with Gasteiger partial charge in [0.2, 0.25) is 0 Å². The highest BCUT2D eigenvalue weighted by atomic mass is 15.2. The van der Waals surface area contributed by atoms with Crippen molar-refractivity contribution in [3.05, 3.63) is 23.8 Å². The first-order valence-electron chi connectivity index (χ1n) is 7.43. The van der Waals surface area contributed by atoms with Gasteiger partial charge < -0.3 is 5.32 Å². The molecule has 0 amide bonds. The molecule has 4 nitrogen and oxygen atoms in total. The molecule has 2 rings (SSSR count). The first-order valence-corrected chi connectivity index (χ1v) is 7.43.